The molecule has 1 aliphatic rings. The Morgan fingerprint density at radius 1 is 1.18 bits per heavy atom. The summed E-state index contributed by atoms with van der Waals surface area (Å²) >= 11 is 0. The maximum Gasteiger partial charge on any atom is 0.240 e. The number of hydrogen-bond acceptors (Lipinski definition) is 4. The number of sulfonamides is 1. The van der Waals surface area contributed by atoms with Crippen LogP contribution in [-0.4, -0.2) is 21.5 Å². The van der Waals surface area contributed by atoms with Crippen LogP contribution in [-0.2, 0) is 16.4 Å². The van der Waals surface area contributed by atoms with Crippen LogP contribution < -0.4 is 9.62 Å². The summed E-state index contributed by atoms with van der Waals surface area (Å²) in [5.74, 6) is 0.260. The molecule has 0 aliphatic carbocycles. The Labute approximate surface area is 163 Å². The SMILES string of the molecule is Cc1cc(S(=O)(=O)NC[C@H](c2ccco2)N2CCc3ccccc32)ccc1F. The third-order valence-electron chi connectivity index (χ3n) is 5.08. The molecule has 1 aromatic heterocycles. The molecule has 1 aliphatic heterocycles. The second kappa shape index (κ2) is 7.41. The van der Waals surface area contributed by atoms with Gasteiger partial charge >= 0.3 is 0 Å². The van der Waals surface area contributed by atoms with Gasteiger partial charge in [0.2, 0.25) is 10.0 Å². The molecule has 0 bridgehead atoms. The number of benzene rings is 2. The molecule has 0 spiro atoms. The minimum Gasteiger partial charge on any atom is -0.467 e. The van der Waals surface area contributed by atoms with Gasteiger partial charge in [-0.3, -0.25) is 0 Å². The summed E-state index contributed by atoms with van der Waals surface area (Å²) < 4.78 is 47.3. The summed E-state index contributed by atoms with van der Waals surface area (Å²) in [6.07, 6.45) is 2.49. The van der Waals surface area contributed by atoms with Gasteiger partial charge in [-0.05, 0) is 60.9 Å². The van der Waals surface area contributed by atoms with Crippen molar-refractivity contribution in [3.8, 4) is 0 Å². The zero-order valence-electron chi connectivity index (χ0n) is 15.4. The highest BCUT2D eigenvalue weighted by atomic mass is 32.2. The normalized spacial score (nSPS) is 14.9. The van der Waals surface area contributed by atoms with Crippen molar-refractivity contribution in [1.82, 2.24) is 4.72 Å². The molecular formula is C21H21FN2O3S. The molecule has 0 fully saturated rings. The number of halogens is 1. The summed E-state index contributed by atoms with van der Waals surface area (Å²) in [4.78, 5) is 2.21. The number of rotatable bonds is 6. The molecule has 0 unspecified atom stereocenters. The van der Waals surface area contributed by atoms with Crippen LogP contribution in [0.5, 0.6) is 0 Å². The molecule has 1 N–H and O–H groups in total. The molecule has 2 heterocycles. The van der Waals surface area contributed by atoms with Crippen LogP contribution in [0.25, 0.3) is 0 Å². The Hall–Kier alpha value is -2.64. The quantitative estimate of drug-likeness (QED) is 0.684. The highest BCUT2D eigenvalue weighted by Gasteiger charge is 2.30. The molecule has 0 amide bonds. The highest BCUT2D eigenvalue weighted by Crippen LogP contribution is 2.35. The molecule has 7 heteroatoms. The molecule has 0 saturated heterocycles. The molecule has 3 aromatic rings. The van der Waals surface area contributed by atoms with Gasteiger partial charge in [-0.2, -0.15) is 0 Å². The number of nitrogens with one attached hydrogen (secondary N) is 1. The Kier molecular flexibility index (Phi) is 4.95. The zero-order chi connectivity index (χ0) is 19.7. The van der Waals surface area contributed by atoms with Crippen LogP contribution >= 0.6 is 0 Å². The van der Waals surface area contributed by atoms with Gasteiger partial charge in [-0.1, -0.05) is 18.2 Å². The molecule has 28 heavy (non-hydrogen) atoms. The number of hydrogen-bond donors (Lipinski definition) is 1. The first kappa shape index (κ1) is 18.7. The van der Waals surface area contributed by atoms with Gasteiger partial charge in [-0.15, -0.1) is 0 Å². The van der Waals surface area contributed by atoms with Crippen LogP contribution in [0.3, 0.4) is 0 Å². The van der Waals surface area contributed by atoms with Gasteiger partial charge in [-0.25, -0.2) is 17.5 Å². The smallest absolute Gasteiger partial charge is 0.240 e. The predicted octanol–water partition coefficient (Wildman–Crippen LogP) is 3.81. The van der Waals surface area contributed by atoms with Gasteiger partial charge in [0.1, 0.15) is 17.6 Å². The summed E-state index contributed by atoms with van der Waals surface area (Å²) in [7, 11) is -3.78. The largest absolute Gasteiger partial charge is 0.467 e. The number of furan rings is 1. The second-order valence-corrected chi connectivity index (χ2v) is 8.63. The minimum absolute atomic E-state index is 0.0476. The molecule has 1 atom stereocenters. The van der Waals surface area contributed by atoms with E-state index in [1.165, 1.54) is 23.8 Å². The van der Waals surface area contributed by atoms with Crippen LogP contribution in [0.15, 0.2) is 70.2 Å². The lowest BCUT2D eigenvalue weighted by Gasteiger charge is -2.29. The number of para-hydroxylation sites is 1. The third kappa shape index (κ3) is 3.55. The lowest BCUT2D eigenvalue weighted by atomic mass is 10.1. The van der Waals surface area contributed by atoms with Crippen molar-refractivity contribution >= 4 is 15.7 Å². The van der Waals surface area contributed by atoms with Crippen molar-refractivity contribution in [1.29, 1.82) is 0 Å². The summed E-state index contributed by atoms with van der Waals surface area (Å²) in [5.41, 5.74) is 2.61. The van der Waals surface area contributed by atoms with E-state index < -0.39 is 15.8 Å². The summed E-state index contributed by atoms with van der Waals surface area (Å²) in [6, 6.07) is 15.2. The number of fused-ring (bicyclic) bond motifs is 1. The van der Waals surface area contributed by atoms with Crippen LogP contribution in [0, 0.1) is 12.7 Å². The maximum absolute atomic E-state index is 13.5. The monoisotopic (exact) mass is 400 g/mol. The molecular weight excluding hydrogens is 379 g/mol. The molecule has 0 saturated carbocycles. The van der Waals surface area contributed by atoms with E-state index in [0.717, 1.165) is 18.7 Å². The number of aryl methyl sites for hydroxylation is 1. The Morgan fingerprint density at radius 3 is 2.75 bits per heavy atom. The fraction of sp³-hybridized carbons (Fsp3) is 0.238. The van der Waals surface area contributed by atoms with E-state index in [0.29, 0.717) is 11.3 Å². The van der Waals surface area contributed by atoms with Crippen molar-refractivity contribution < 1.29 is 17.2 Å². The van der Waals surface area contributed by atoms with E-state index in [1.807, 2.05) is 24.3 Å². The average molecular weight is 400 g/mol. The second-order valence-electron chi connectivity index (χ2n) is 6.87. The first-order chi connectivity index (χ1) is 13.5. The van der Waals surface area contributed by atoms with E-state index in [-0.39, 0.29) is 17.5 Å². The van der Waals surface area contributed by atoms with Gasteiger partial charge in [0.05, 0.1) is 11.2 Å². The highest BCUT2D eigenvalue weighted by molar-refractivity contribution is 7.89. The van der Waals surface area contributed by atoms with Crippen LogP contribution in [0.4, 0.5) is 10.1 Å². The predicted molar refractivity (Wildman–Crippen MR) is 105 cm³/mol. The summed E-state index contributed by atoms with van der Waals surface area (Å²) in [6.45, 7) is 2.46. The molecule has 5 nitrogen and oxygen atoms in total. The minimum atomic E-state index is -3.78. The lowest BCUT2D eigenvalue weighted by molar-refractivity contribution is 0.447. The van der Waals surface area contributed by atoms with Crippen molar-refractivity contribution in [3.05, 3.63) is 83.6 Å². The van der Waals surface area contributed by atoms with Crippen molar-refractivity contribution in [2.24, 2.45) is 0 Å². The van der Waals surface area contributed by atoms with Crippen molar-refractivity contribution in [2.75, 3.05) is 18.0 Å². The fourth-order valence-electron chi connectivity index (χ4n) is 3.59. The van der Waals surface area contributed by atoms with Gasteiger partial charge in [0.25, 0.3) is 0 Å². The first-order valence-corrected chi connectivity index (χ1v) is 10.6. The van der Waals surface area contributed by atoms with Crippen LogP contribution in [0.2, 0.25) is 0 Å². The van der Waals surface area contributed by atoms with Gasteiger partial charge in [0.15, 0.2) is 0 Å². The first-order valence-electron chi connectivity index (χ1n) is 9.09. The zero-order valence-corrected chi connectivity index (χ0v) is 16.2. The van der Waals surface area contributed by atoms with Crippen molar-refractivity contribution in [2.45, 2.75) is 24.3 Å². The van der Waals surface area contributed by atoms with E-state index in [1.54, 1.807) is 19.3 Å². The van der Waals surface area contributed by atoms with Gasteiger partial charge in [0, 0.05) is 18.8 Å². The Balaban J connectivity index is 1.60. The molecule has 4 rings (SSSR count). The fourth-order valence-corrected chi connectivity index (χ4v) is 4.71. The van der Waals surface area contributed by atoms with Crippen LogP contribution in [0.1, 0.15) is 22.9 Å². The lowest BCUT2D eigenvalue weighted by Crippen LogP contribution is -2.37. The van der Waals surface area contributed by atoms with E-state index in [2.05, 4.69) is 15.7 Å². The van der Waals surface area contributed by atoms with E-state index in [4.69, 9.17) is 4.42 Å². The Morgan fingerprint density at radius 2 is 2.00 bits per heavy atom. The van der Waals surface area contributed by atoms with E-state index >= 15 is 0 Å². The number of anilines is 1. The molecule has 0 radical (unpaired) electrons. The summed E-state index contributed by atoms with van der Waals surface area (Å²) in [5, 5.41) is 0. The van der Waals surface area contributed by atoms with Gasteiger partial charge < -0.3 is 9.32 Å². The number of nitrogens with zero attached hydrogens (tertiary/aromatic N) is 1. The third-order valence-corrected chi connectivity index (χ3v) is 6.50. The van der Waals surface area contributed by atoms with Crippen molar-refractivity contribution in [3.63, 3.8) is 0 Å². The topological polar surface area (TPSA) is 62.6 Å². The maximum atomic E-state index is 13.5. The van der Waals surface area contributed by atoms with E-state index in [9.17, 15) is 12.8 Å². The Bertz CT molecular complexity index is 1080. The molecule has 2 aromatic carbocycles. The standard InChI is InChI=1S/C21H21FN2O3S/c1-15-13-17(8-9-18(15)22)28(25,26)23-14-20(21-7-4-12-27-21)24-11-10-16-5-2-3-6-19(16)24/h2-9,12-13,20,23H,10-11,14H2,1H3/t20-/m1/s1. The average Bonchev–Trinajstić information content (AvgIpc) is 3.35. The molecule has 146 valence electrons.